The second-order valence-electron chi connectivity index (χ2n) is 5.34. The molecule has 5 nitrogen and oxygen atoms in total. The fourth-order valence-corrected chi connectivity index (χ4v) is 2.91. The van der Waals surface area contributed by atoms with Crippen LogP contribution in [0.2, 0.25) is 0 Å². The number of nitrogens with zero attached hydrogens (tertiary/aromatic N) is 1. The van der Waals surface area contributed by atoms with Crippen molar-refractivity contribution in [3.8, 4) is 0 Å². The highest BCUT2D eigenvalue weighted by atomic mass is 32.2. The predicted octanol–water partition coefficient (Wildman–Crippen LogP) is 2.89. The van der Waals surface area contributed by atoms with Crippen LogP contribution in [0.4, 0.5) is 4.79 Å². The van der Waals surface area contributed by atoms with Gasteiger partial charge in [0.25, 0.3) is 11.1 Å². The van der Waals surface area contributed by atoms with Crippen LogP contribution >= 0.6 is 11.8 Å². The van der Waals surface area contributed by atoms with Crippen LogP contribution in [0.5, 0.6) is 0 Å². The SMILES string of the molecule is CCC(C)C(=O)NCCN1C(=O)S/C(=C/c2ccccc2)C1=O. The lowest BCUT2D eigenvalue weighted by Crippen LogP contribution is -2.38. The molecule has 6 heteroatoms. The van der Waals surface area contributed by atoms with Gasteiger partial charge in [0.1, 0.15) is 0 Å². The van der Waals surface area contributed by atoms with Crippen LogP contribution in [0.1, 0.15) is 25.8 Å². The van der Waals surface area contributed by atoms with Crippen LogP contribution < -0.4 is 5.32 Å². The molecule has 1 unspecified atom stereocenters. The Balaban J connectivity index is 1.94. The van der Waals surface area contributed by atoms with E-state index in [1.165, 1.54) is 4.90 Å². The second-order valence-corrected chi connectivity index (χ2v) is 6.34. The third kappa shape index (κ3) is 4.45. The van der Waals surface area contributed by atoms with E-state index >= 15 is 0 Å². The molecule has 0 saturated carbocycles. The smallest absolute Gasteiger partial charge is 0.293 e. The van der Waals surface area contributed by atoms with Crippen molar-refractivity contribution in [2.45, 2.75) is 20.3 Å². The molecule has 2 rings (SSSR count). The number of benzene rings is 1. The van der Waals surface area contributed by atoms with Gasteiger partial charge in [0.15, 0.2) is 0 Å². The molecule has 0 radical (unpaired) electrons. The number of rotatable bonds is 6. The van der Waals surface area contributed by atoms with Gasteiger partial charge in [0.2, 0.25) is 5.91 Å². The Kier molecular flexibility index (Phi) is 5.98. The van der Waals surface area contributed by atoms with Crippen molar-refractivity contribution in [2.75, 3.05) is 13.1 Å². The van der Waals surface area contributed by atoms with Gasteiger partial charge in [0.05, 0.1) is 4.91 Å². The van der Waals surface area contributed by atoms with E-state index in [4.69, 9.17) is 0 Å². The van der Waals surface area contributed by atoms with E-state index in [0.29, 0.717) is 4.91 Å². The molecule has 0 aliphatic carbocycles. The lowest BCUT2D eigenvalue weighted by molar-refractivity contribution is -0.126. The molecule has 1 aromatic carbocycles. The predicted molar refractivity (Wildman–Crippen MR) is 91.6 cm³/mol. The third-order valence-corrected chi connectivity index (χ3v) is 4.57. The van der Waals surface area contributed by atoms with Crippen molar-refractivity contribution in [3.63, 3.8) is 0 Å². The third-order valence-electron chi connectivity index (χ3n) is 3.67. The van der Waals surface area contributed by atoms with Crippen LogP contribution in [0, 0.1) is 5.92 Å². The van der Waals surface area contributed by atoms with Gasteiger partial charge in [-0.2, -0.15) is 0 Å². The molecule has 0 aromatic heterocycles. The van der Waals surface area contributed by atoms with E-state index in [2.05, 4.69) is 5.32 Å². The monoisotopic (exact) mass is 332 g/mol. The average molecular weight is 332 g/mol. The van der Waals surface area contributed by atoms with E-state index in [-0.39, 0.29) is 36.1 Å². The van der Waals surface area contributed by atoms with E-state index in [0.717, 1.165) is 23.7 Å². The summed E-state index contributed by atoms with van der Waals surface area (Å²) in [6.07, 6.45) is 2.47. The van der Waals surface area contributed by atoms with Crippen LogP contribution in [-0.4, -0.2) is 35.0 Å². The summed E-state index contributed by atoms with van der Waals surface area (Å²) in [7, 11) is 0. The summed E-state index contributed by atoms with van der Waals surface area (Å²) in [5.74, 6) is -0.427. The molecule has 1 heterocycles. The Morgan fingerprint density at radius 3 is 2.65 bits per heavy atom. The molecular weight excluding hydrogens is 312 g/mol. The number of thioether (sulfide) groups is 1. The first kappa shape index (κ1) is 17.3. The van der Waals surface area contributed by atoms with E-state index in [1.807, 2.05) is 44.2 Å². The lowest BCUT2D eigenvalue weighted by Gasteiger charge is -2.14. The summed E-state index contributed by atoms with van der Waals surface area (Å²) in [6, 6.07) is 9.39. The van der Waals surface area contributed by atoms with Crippen molar-refractivity contribution < 1.29 is 14.4 Å². The zero-order valence-corrected chi connectivity index (χ0v) is 14.1. The highest BCUT2D eigenvalue weighted by Crippen LogP contribution is 2.31. The van der Waals surface area contributed by atoms with Gasteiger partial charge in [-0.3, -0.25) is 19.3 Å². The number of nitrogens with one attached hydrogen (secondary N) is 1. The standard InChI is InChI=1S/C17H20N2O3S/c1-3-12(2)15(20)18-9-10-19-16(21)14(23-17(19)22)11-13-7-5-4-6-8-13/h4-8,11-12H,3,9-10H2,1-2H3,(H,18,20)/b14-11+. The van der Waals surface area contributed by atoms with Crippen LogP contribution in [-0.2, 0) is 9.59 Å². The maximum absolute atomic E-state index is 12.3. The maximum Gasteiger partial charge on any atom is 0.293 e. The Morgan fingerprint density at radius 2 is 2.00 bits per heavy atom. The van der Waals surface area contributed by atoms with Crippen molar-refractivity contribution >= 4 is 34.9 Å². The number of amides is 3. The lowest BCUT2D eigenvalue weighted by atomic mass is 10.1. The summed E-state index contributed by atoms with van der Waals surface area (Å²) in [5, 5.41) is 2.46. The first-order valence-electron chi connectivity index (χ1n) is 7.61. The fourth-order valence-electron chi connectivity index (χ4n) is 2.04. The van der Waals surface area contributed by atoms with Crippen LogP contribution in [0.3, 0.4) is 0 Å². The van der Waals surface area contributed by atoms with Gasteiger partial charge in [-0.1, -0.05) is 44.2 Å². The van der Waals surface area contributed by atoms with E-state index in [1.54, 1.807) is 6.08 Å². The molecular formula is C17H20N2O3S. The fraction of sp³-hybridized carbons (Fsp3) is 0.353. The molecule has 1 aromatic rings. The summed E-state index contributed by atoms with van der Waals surface area (Å²) in [4.78, 5) is 37.5. The Hall–Kier alpha value is -2.08. The molecule has 1 atom stereocenters. The summed E-state index contributed by atoms with van der Waals surface area (Å²) >= 11 is 0.932. The quantitative estimate of drug-likeness (QED) is 0.814. The number of carbonyl (C=O) groups is 3. The van der Waals surface area contributed by atoms with Crippen molar-refractivity contribution in [1.82, 2.24) is 10.2 Å². The van der Waals surface area contributed by atoms with Gasteiger partial charge in [-0.25, -0.2) is 0 Å². The van der Waals surface area contributed by atoms with Crippen LogP contribution in [0.15, 0.2) is 35.2 Å². The zero-order chi connectivity index (χ0) is 16.8. The van der Waals surface area contributed by atoms with Crippen molar-refractivity contribution in [2.24, 2.45) is 5.92 Å². The summed E-state index contributed by atoms with van der Waals surface area (Å²) < 4.78 is 0. The van der Waals surface area contributed by atoms with E-state index < -0.39 is 0 Å². The molecule has 122 valence electrons. The molecule has 1 aliphatic rings. The number of imide groups is 1. The Bertz CT molecular complexity index is 628. The Morgan fingerprint density at radius 1 is 1.30 bits per heavy atom. The van der Waals surface area contributed by atoms with Crippen LogP contribution in [0.25, 0.3) is 6.08 Å². The molecule has 1 saturated heterocycles. The molecule has 23 heavy (non-hydrogen) atoms. The van der Waals surface area contributed by atoms with Gasteiger partial charge in [-0.15, -0.1) is 0 Å². The normalized spacial score (nSPS) is 17.7. The Labute approximate surface area is 140 Å². The highest BCUT2D eigenvalue weighted by Gasteiger charge is 2.34. The number of hydrogen-bond acceptors (Lipinski definition) is 4. The molecule has 3 amide bonds. The number of carbonyl (C=O) groups excluding carboxylic acids is 3. The summed E-state index contributed by atoms with van der Waals surface area (Å²) in [6.45, 7) is 4.26. The molecule has 0 spiro atoms. The number of hydrogen-bond donors (Lipinski definition) is 1. The highest BCUT2D eigenvalue weighted by molar-refractivity contribution is 8.18. The molecule has 1 fully saturated rings. The largest absolute Gasteiger partial charge is 0.354 e. The molecule has 1 N–H and O–H groups in total. The molecule has 0 bridgehead atoms. The first-order valence-corrected chi connectivity index (χ1v) is 8.42. The minimum Gasteiger partial charge on any atom is -0.354 e. The zero-order valence-electron chi connectivity index (χ0n) is 13.2. The van der Waals surface area contributed by atoms with Gasteiger partial charge >= 0.3 is 0 Å². The molecule has 1 aliphatic heterocycles. The first-order chi connectivity index (χ1) is 11.0. The van der Waals surface area contributed by atoms with Gasteiger partial charge in [0, 0.05) is 19.0 Å². The van der Waals surface area contributed by atoms with Crippen molar-refractivity contribution in [1.29, 1.82) is 0 Å². The average Bonchev–Trinajstić information content (AvgIpc) is 2.82. The van der Waals surface area contributed by atoms with Crippen molar-refractivity contribution in [3.05, 3.63) is 40.8 Å². The maximum atomic E-state index is 12.3. The topological polar surface area (TPSA) is 66.5 Å². The summed E-state index contributed by atoms with van der Waals surface area (Å²) in [5.41, 5.74) is 0.878. The van der Waals surface area contributed by atoms with Gasteiger partial charge < -0.3 is 5.32 Å². The van der Waals surface area contributed by atoms with E-state index in [9.17, 15) is 14.4 Å². The second kappa shape index (κ2) is 7.97. The van der Waals surface area contributed by atoms with Gasteiger partial charge in [-0.05, 0) is 29.8 Å². The minimum absolute atomic E-state index is 0.0562. The minimum atomic E-state index is -0.304.